The molecule has 0 radical (unpaired) electrons. The zero-order valence-corrected chi connectivity index (χ0v) is 23.9. The van der Waals surface area contributed by atoms with E-state index >= 15 is 0 Å². The van der Waals surface area contributed by atoms with Crippen molar-refractivity contribution >= 4 is 30.9 Å². The molecule has 0 bridgehead atoms. The SMILES string of the molecule is CCC(=O)OB(OC(=O)CN(C)C)[C@H](CC(C)C)NC(=O)[C@@H](NC(=O)c1cccc(-c2ccccc2)n1)[C@@H](C)O. The van der Waals surface area contributed by atoms with E-state index in [0.717, 1.165) is 5.56 Å². The molecule has 0 aliphatic carbocycles. The van der Waals surface area contributed by atoms with Crippen molar-refractivity contribution in [2.24, 2.45) is 5.92 Å². The third kappa shape index (κ3) is 10.4. The maximum Gasteiger partial charge on any atom is 0.622 e. The topological polar surface area (TPSA) is 147 Å². The summed E-state index contributed by atoms with van der Waals surface area (Å²) in [6.07, 6.45) is -0.969. The van der Waals surface area contributed by atoms with Crippen LogP contribution in [0.5, 0.6) is 0 Å². The molecule has 11 nitrogen and oxygen atoms in total. The molecule has 0 aliphatic rings. The van der Waals surface area contributed by atoms with Crippen molar-refractivity contribution in [1.82, 2.24) is 20.5 Å². The molecule has 2 amide bonds. The van der Waals surface area contributed by atoms with Crippen LogP contribution >= 0.6 is 0 Å². The van der Waals surface area contributed by atoms with Crippen LogP contribution in [0.1, 0.15) is 51.0 Å². The fourth-order valence-electron chi connectivity index (χ4n) is 3.80. The normalized spacial score (nSPS) is 13.2. The van der Waals surface area contributed by atoms with Crippen LogP contribution in [0.25, 0.3) is 11.3 Å². The number of nitrogens with zero attached hydrogens (tertiary/aromatic N) is 2. The number of aliphatic hydroxyl groups is 1. The van der Waals surface area contributed by atoms with Gasteiger partial charge in [-0.3, -0.25) is 24.1 Å². The maximum atomic E-state index is 13.4. The third-order valence-electron chi connectivity index (χ3n) is 5.71. The van der Waals surface area contributed by atoms with Gasteiger partial charge in [0.15, 0.2) is 0 Å². The number of benzene rings is 1. The maximum absolute atomic E-state index is 13.4. The molecule has 12 heteroatoms. The standard InChI is InChI=1S/C28H39BN4O7/c1-7-24(35)39-29(40-25(36)17-33(5)6)23(16-18(2)3)31-28(38)26(19(4)34)32-27(37)22-15-11-14-21(30-22)20-12-9-8-10-13-20/h8-15,18-19,23,26,34H,7,16-17H2,1-6H3,(H,31,38)(H,32,37)/t19-,23+,26+/m1/s1. The second kappa shape index (κ2) is 15.7. The van der Waals surface area contributed by atoms with E-state index in [1.807, 2.05) is 44.2 Å². The number of hydrogen-bond donors (Lipinski definition) is 3. The minimum absolute atomic E-state index is 0.00481. The molecule has 3 N–H and O–H groups in total. The Labute approximate surface area is 235 Å². The van der Waals surface area contributed by atoms with E-state index in [4.69, 9.17) is 9.31 Å². The lowest BCUT2D eigenvalue weighted by Gasteiger charge is -2.28. The van der Waals surface area contributed by atoms with Gasteiger partial charge in [-0.25, -0.2) is 4.98 Å². The summed E-state index contributed by atoms with van der Waals surface area (Å²) >= 11 is 0. The summed E-state index contributed by atoms with van der Waals surface area (Å²) < 4.78 is 10.8. The summed E-state index contributed by atoms with van der Waals surface area (Å²) in [6.45, 7) is 6.67. The minimum Gasteiger partial charge on any atom is -0.498 e. The van der Waals surface area contributed by atoms with Gasteiger partial charge in [0.1, 0.15) is 11.7 Å². The summed E-state index contributed by atoms with van der Waals surface area (Å²) in [5.74, 6) is -3.60. The zero-order chi connectivity index (χ0) is 29.8. The number of hydrogen-bond acceptors (Lipinski definition) is 9. The van der Waals surface area contributed by atoms with Crippen LogP contribution in [-0.2, 0) is 23.7 Å². The lowest BCUT2D eigenvalue weighted by atomic mass is 9.73. The highest BCUT2D eigenvalue weighted by molar-refractivity contribution is 6.51. The van der Waals surface area contributed by atoms with Crippen molar-refractivity contribution in [3.05, 3.63) is 54.2 Å². The van der Waals surface area contributed by atoms with E-state index in [-0.39, 0.29) is 31.0 Å². The van der Waals surface area contributed by atoms with Gasteiger partial charge in [-0.1, -0.05) is 57.2 Å². The molecule has 0 spiro atoms. The first-order valence-corrected chi connectivity index (χ1v) is 13.3. The smallest absolute Gasteiger partial charge is 0.498 e. The van der Waals surface area contributed by atoms with Gasteiger partial charge in [0.2, 0.25) is 5.91 Å². The summed E-state index contributed by atoms with van der Waals surface area (Å²) in [7, 11) is 1.96. The number of pyridine rings is 1. The largest absolute Gasteiger partial charge is 0.622 e. The minimum atomic E-state index is -1.40. The number of likely N-dealkylation sites (N-methyl/N-ethyl adjacent to an activating group) is 1. The summed E-state index contributed by atoms with van der Waals surface area (Å²) in [5.41, 5.74) is 1.45. The van der Waals surface area contributed by atoms with Gasteiger partial charge in [-0.2, -0.15) is 0 Å². The van der Waals surface area contributed by atoms with E-state index in [2.05, 4.69) is 15.6 Å². The first kappa shape index (κ1) is 32.4. The Morgan fingerprint density at radius 2 is 1.60 bits per heavy atom. The van der Waals surface area contributed by atoms with Crippen LogP contribution in [0.4, 0.5) is 0 Å². The molecule has 2 rings (SSSR count). The number of carbonyl (C=O) groups excluding carboxylic acids is 4. The van der Waals surface area contributed by atoms with Gasteiger partial charge in [0, 0.05) is 12.0 Å². The summed E-state index contributed by atoms with van der Waals surface area (Å²) in [6, 6.07) is 12.9. The van der Waals surface area contributed by atoms with E-state index in [1.54, 1.807) is 38.1 Å². The van der Waals surface area contributed by atoms with Crippen LogP contribution in [0.15, 0.2) is 48.5 Å². The van der Waals surface area contributed by atoms with Crippen LogP contribution in [0, 0.1) is 5.92 Å². The fraction of sp³-hybridized carbons (Fsp3) is 0.464. The Morgan fingerprint density at radius 1 is 0.950 bits per heavy atom. The van der Waals surface area contributed by atoms with Gasteiger partial charge >= 0.3 is 13.1 Å². The molecule has 0 unspecified atom stereocenters. The monoisotopic (exact) mass is 554 g/mol. The third-order valence-corrected chi connectivity index (χ3v) is 5.71. The Hall–Kier alpha value is -3.77. The Bertz CT molecular complexity index is 1140. The highest BCUT2D eigenvalue weighted by Crippen LogP contribution is 2.17. The Morgan fingerprint density at radius 3 is 2.17 bits per heavy atom. The molecule has 0 saturated heterocycles. The predicted octanol–water partition coefficient (Wildman–Crippen LogP) is 1.84. The van der Waals surface area contributed by atoms with Gasteiger partial charge in [-0.15, -0.1) is 0 Å². The molecule has 216 valence electrons. The molecular weight excluding hydrogens is 515 g/mol. The molecule has 1 aromatic heterocycles. The van der Waals surface area contributed by atoms with Crippen LogP contribution < -0.4 is 10.6 Å². The Balaban J connectivity index is 2.26. The number of amides is 2. The van der Waals surface area contributed by atoms with Gasteiger partial charge < -0.3 is 25.0 Å². The zero-order valence-electron chi connectivity index (χ0n) is 23.9. The molecular formula is C28H39BN4O7. The molecule has 3 atom stereocenters. The summed E-state index contributed by atoms with van der Waals surface area (Å²) in [4.78, 5) is 57.0. The molecule has 1 aromatic carbocycles. The summed E-state index contributed by atoms with van der Waals surface area (Å²) in [5, 5.41) is 15.7. The predicted molar refractivity (Wildman–Crippen MR) is 151 cm³/mol. The molecule has 0 aliphatic heterocycles. The van der Waals surface area contributed by atoms with E-state index < -0.39 is 49.0 Å². The molecule has 0 saturated carbocycles. The first-order chi connectivity index (χ1) is 18.9. The Kier molecular flexibility index (Phi) is 12.8. The lowest BCUT2D eigenvalue weighted by molar-refractivity contribution is -0.141. The molecule has 1 heterocycles. The van der Waals surface area contributed by atoms with Gasteiger partial charge in [0.05, 0.1) is 24.3 Å². The number of aromatic nitrogens is 1. The van der Waals surface area contributed by atoms with Crippen molar-refractivity contribution in [1.29, 1.82) is 0 Å². The highest BCUT2D eigenvalue weighted by Gasteiger charge is 2.41. The van der Waals surface area contributed by atoms with Crippen LogP contribution in [0.3, 0.4) is 0 Å². The molecule has 2 aromatic rings. The number of rotatable bonds is 14. The van der Waals surface area contributed by atoms with Crippen molar-refractivity contribution in [3.8, 4) is 11.3 Å². The number of aliphatic hydroxyl groups excluding tert-OH is 1. The number of nitrogens with one attached hydrogen (secondary N) is 2. The highest BCUT2D eigenvalue weighted by atomic mass is 16.6. The molecule has 0 fully saturated rings. The van der Waals surface area contributed by atoms with Crippen molar-refractivity contribution in [3.63, 3.8) is 0 Å². The quantitative estimate of drug-likeness (QED) is 0.298. The molecule has 40 heavy (non-hydrogen) atoms. The van der Waals surface area contributed by atoms with Crippen molar-refractivity contribution < 1.29 is 33.6 Å². The van der Waals surface area contributed by atoms with Crippen LogP contribution in [0.2, 0.25) is 0 Å². The average Bonchev–Trinajstić information content (AvgIpc) is 2.90. The second-order valence-corrected chi connectivity index (χ2v) is 10.1. The van der Waals surface area contributed by atoms with Crippen molar-refractivity contribution in [2.45, 2.75) is 58.6 Å². The fourth-order valence-corrected chi connectivity index (χ4v) is 3.80. The van der Waals surface area contributed by atoms with E-state index in [0.29, 0.717) is 5.69 Å². The first-order valence-electron chi connectivity index (χ1n) is 13.3. The number of carbonyl (C=O) groups is 4. The van der Waals surface area contributed by atoms with E-state index in [9.17, 15) is 24.3 Å². The second-order valence-electron chi connectivity index (χ2n) is 10.1. The van der Waals surface area contributed by atoms with Gasteiger partial charge in [0.25, 0.3) is 11.9 Å². The van der Waals surface area contributed by atoms with E-state index in [1.165, 1.54) is 13.0 Å². The van der Waals surface area contributed by atoms with Gasteiger partial charge in [-0.05, 0) is 45.5 Å². The lowest BCUT2D eigenvalue weighted by Crippen LogP contribution is -2.59. The van der Waals surface area contributed by atoms with Crippen molar-refractivity contribution in [2.75, 3.05) is 20.6 Å². The van der Waals surface area contributed by atoms with Crippen LogP contribution in [-0.4, -0.2) is 84.6 Å². The average molecular weight is 554 g/mol.